The summed E-state index contributed by atoms with van der Waals surface area (Å²) in [6, 6.07) is 15.1. The number of nitrogens with one attached hydrogen (secondary N) is 1. The van der Waals surface area contributed by atoms with Crippen LogP contribution in [0.25, 0.3) is 6.08 Å². The first-order chi connectivity index (χ1) is 13.1. The highest BCUT2D eigenvalue weighted by Gasteiger charge is 2.17. The van der Waals surface area contributed by atoms with Gasteiger partial charge >= 0.3 is 0 Å². The lowest BCUT2D eigenvalue weighted by Crippen LogP contribution is -2.31. The second-order valence-electron chi connectivity index (χ2n) is 7.02. The number of hydrogen-bond donors (Lipinski definition) is 1. The van der Waals surface area contributed by atoms with Crippen molar-refractivity contribution in [2.24, 2.45) is 0 Å². The Hall–Kier alpha value is -2.88. The van der Waals surface area contributed by atoms with E-state index in [9.17, 15) is 9.59 Å². The minimum absolute atomic E-state index is 0.0446. The lowest BCUT2D eigenvalue weighted by Gasteiger charge is -2.20. The zero-order valence-corrected chi connectivity index (χ0v) is 15.8. The van der Waals surface area contributed by atoms with Crippen LogP contribution < -0.4 is 5.32 Å². The van der Waals surface area contributed by atoms with Crippen LogP contribution in [-0.4, -0.2) is 29.8 Å². The van der Waals surface area contributed by atoms with E-state index < -0.39 is 0 Å². The Morgan fingerprint density at radius 2 is 1.67 bits per heavy atom. The molecule has 3 rings (SSSR count). The summed E-state index contributed by atoms with van der Waals surface area (Å²) in [6.07, 6.45) is 7.79. The van der Waals surface area contributed by atoms with Crippen molar-refractivity contribution in [2.45, 2.75) is 32.6 Å². The summed E-state index contributed by atoms with van der Waals surface area (Å²) in [4.78, 5) is 26.8. The second kappa shape index (κ2) is 9.17. The quantitative estimate of drug-likeness (QED) is 0.804. The van der Waals surface area contributed by atoms with Gasteiger partial charge in [-0.05, 0) is 49.6 Å². The molecule has 1 aliphatic heterocycles. The largest absolute Gasteiger partial charge is 0.339 e. The number of amides is 2. The number of benzene rings is 2. The van der Waals surface area contributed by atoms with Gasteiger partial charge in [-0.1, -0.05) is 48.7 Å². The third-order valence-corrected chi connectivity index (χ3v) is 4.77. The van der Waals surface area contributed by atoms with Gasteiger partial charge in [-0.2, -0.15) is 0 Å². The molecule has 1 N–H and O–H groups in total. The van der Waals surface area contributed by atoms with Gasteiger partial charge in [0.2, 0.25) is 5.91 Å². The Balaban J connectivity index is 1.63. The predicted molar refractivity (Wildman–Crippen MR) is 110 cm³/mol. The van der Waals surface area contributed by atoms with Crippen molar-refractivity contribution in [1.29, 1.82) is 0 Å². The predicted octanol–water partition coefficient (Wildman–Crippen LogP) is 4.66. The smallest absolute Gasteiger partial charge is 0.253 e. The molecule has 0 bridgehead atoms. The van der Waals surface area contributed by atoms with Crippen LogP contribution in [0.15, 0.2) is 54.6 Å². The van der Waals surface area contributed by atoms with E-state index in [1.165, 1.54) is 24.5 Å². The number of anilines is 1. The van der Waals surface area contributed by atoms with Crippen molar-refractivity contribution in [3.8, 4) is 0 Å². The van der Waals surface area contributed by atoms with E-state index in [0.29, 0.717) is 11.3 Å². The molecular weight excluding hydrogens is 336 g/mol. The third kappa shape index (κ3) is 5.55. The van der Waals surface area contributed by atoms with Crippen LogP contribution in [0.3, 0.4) is 0 Å². The Morgan fingerprint density at radius 3 is 2.37 bits per heavy atom. The molecule has 140 valence electrons. The number of nitrogens with zero attached hydrogens (tertiary/aromatic N) is 1. The lowest BCUT2D eigenvalue weighted by molar-refractivity contribution is -0.111. The number of carbonyl (C=O) groups excluding carboxylic acids is 2. The van der Waals surface area contributed by atoms with Gasteiger partial charge in [-0.15, -0.1) is 0 Å². The molecule has 1 heterocycles. The summed E-state index contributed by atoms with van der Waals surface area (Å²) in [7, 11) is 0. The topological polar surface area (TPSA) is 49.4 Å². The molecule has 0 atom stereocenters. The van der Waals surface area contributed by atoms with Crippen molar-refractivity contribution in [3.05, 3.63) is 71.3 Å². The summed E-state index contributed by atoms with van der Waals surface area (Å²) >= 11 is 0. The van der Waals surface area contributed by atoms with Crippen molar-refractivity contribution < 1.29 is 9.59 Å². The summed E-state index contributed by atoms with van der Waals surface area (Å²) in [5.41, 5.74) is 3.41. The molecule has 0 radical (unpaired) electrons. The van der Waals surface area contributed by atoms with Crippen molar-refractivity contribution >= 4 is 23.6 Å². The fourth-order valence-corrected chi connectivity index (χ4v) is 3.22. The van der Waals surface area contributed by atoms with E-state index in [2.05, 4.69) is 5.32 Å². The molecule has 0 saturated carbocycles. The molecule has 0 aliphatic carbocycles. The lowest BCUT2D eigenvalue weighted by atomic mass is 10.1. The third-order valence-electron chi connectivity index (χ3n) is 4.77. The Labute approximate surface area is 160 Å². The SMILES string of the molecule is Cc1ccc(/C=C/C(=O)Nc2cccc(C(=O)N3CCCCCC3)c2)cc1. The van der Waals surface area contributed by atoms with E-state index in [-0.39, 0.29) is 11.8 Å². The number of likely N-dealkylation sites (tertiary alicyclic amines) is 1. The molecule has 0 unspecified atom stereocenters. The second-order valence-corrected chi connectivity index (χ2v) is 7.02. The summed E-state index contributed by atoms with van der Waals surface area (Å²) < 4.78 is 0. The van der Waals surface area contributed by atoms with Gasteiger partial charge < -0.3 is 10.2 Å². The average Bonchev–Trinajstić information content (AvgIpc) is 2.97. The van der Waals surface area contributed by atoms with Crippen LogP contribution in [0.5, 0.6) is 0 Å². The van der Waals surface area contributed by atoms with E-state index in [0.717, 1.165) is 31.5 Å². The van der Waals surface area contributed by atoms with E-state index in [4.69, 9.17) is 0 Å². The zero-order valence-electron chi connectivity index (χ0n) is 15.8. The van der Waals surface area contributed by atoms with Gasteiger partial charge in [-0.25, -0.2) is 0 Å². The van der Waals surface area contributed by atoms with Gasteiger partial charge in [0.1, 0.15) is 0 Å². The maximum absolute atomic E-state index is 12.7. The summed E-state index contributed by atoms with van der Waals surface area (Å²) in [5, 5.41) is 2.84. The first kappa shape index (κ1) is 18.9. The highest BCUT2D eigenvalue weighted by atomic mass is 16.2. The standard InChI is InChI=1S/C23H26N2O2/c1-18-9-11-19(12-10-18)13-14-22(26)24-21-8-6-7-20(17-21)23(27)25-15-4-2-3-5-16-25/h6-14,17H,2-5,15-16H2,1H3,(H,24,26)/b14-13+. The van der Waals surface area contributed by atoms with Crippen LogP contribution >= 0.6 is 0 Å². The van der Waals surface area contributed by atoms with Crippen molar-refractivity contribution in [3.63, 3.8) is 0 Å². The van der Waals surface area contributed by atoms with Gasteiger partial charge in [0.05, 0.1) is 0 Å². The molecule has 4 heteroatoms. The summed E-state index contributed by atoms with van der Waals surface area (Å²) in [5.74, 6) is -0.168. The Kier molecular flexibility index (Phi) is 6.42. The molecule has 1 aliphatic rings. The first-order valence-corrected chi connectivity index (χ1v) is 9.57. The van der Waals surface area contributed by atoms with Crippen molar-refractivity contribution in [1.82, 2.24) is 4.90 Å². The minimum atomic E-state index is -0.213. The minimum Gasteiger partial charge on any atom is -0.339 e. The number of hydrogen-bond acceptors (Lipinski definition) is 2. The fraction of sp³-hybridized carbons (Fsp3) is 0.304. The molecule has 2 aromatic rings. The first-order valence-electron chi connectivity index (χ1n) is 9.57. The van der Waals surface area contributed by atoms with Crippen LogP contribution in [0.2, 0.25) is 0 Å². The van der Waals surface area contributed by atoms with Crippen LogP contribution in [0.4, 0.5) is 5.69 Å². The zero-order chi connectivity index (χ0) is 19.1. The van der Waals surface area contributed by atoms with Crippen molar-refractivity contribution in [2.75, 3.05) is 18.4 Å². The molecule has 2 aromatic carbocycles. The Morgan fingerprint density at radius 1 is 0.963 bits per heavy atom. The number of rotatable bonds is 4. The van der Waals surface area contributed by atoms with E-state index >= 15 is 0 Å². The number of carbonyl (C=O) groups is 2. The van der Waals surface area contributed by atoms with Gasteiger partial charge in [0, 0.05) is 30.4 Å². The van der Waals surface area contributed by atoms with Crippen LogP contribution in [0.1, 0.15) is 47.2 Å². The molecule has 0 aromatic heterocycles. The maximum atomic E-state index is 12.7. The van der Waals surface area contributed by atoms with E-state index in [1.807, 2.05) is 48.2 Å². The molecule has 2 amide bonds. The monoisotopic (exact) mass is 362 g/mol. The van der Waals surface area contributed by atoms with Gasteiger partial charge in [-0.3, -0.25) is 9.59 Å². The highest BCUT2D eigenvalue weighted by molar-refractivity contribution is 6.03. The van der Waals surface area contributed by atoms with Crippen LogP contribution in [-0.2, 0) is 4.79 Å². The molecule has 0 spiro atoms. The highest BCUT2D eigenvalue weighted by Crippen LogP contribution is 2.16. The summed E-state index contributed by atoms with van der Waals surface area (Å²) in [6.45, 7) is 3.66. The van der Waals surface area contributed by atoms with Crippen LogP contribution in [0, 0.1) is 6.92 Å². The molecule has 27 heavy (non-hydrogen) atoms. The fourth-order valence-electron chi connectivity index (χ4n) is 3.22. The average molecular weight is 362 g/mol. The van der Waals surface area contributed by atoms with E-state index in [1.54, 1.807) is 18.2 Å². The molecule has 1 saturated heterocycles. The van der Waals surface area contributed by atoms with Gasteiger partial charge in [0.25, 0.3) is 5.91 Å². The molecule has 4 nitrogen and oxygen atoms in total. The van der Waals surface area contributed by atoms with Gasteiger partial charge in [0.15, 0.2) is 0 Å². The number of aryl methyl sites for hydroxylation is 1. The maximum Gasteiger partial charge on any atom is 0.253 e. The molecular formula is C23H26N2O2. The molecule has 1 fully saturated rings. The normalized spacial score (nSPS) is 14.8. The Bertz CT molecular complexity index is 817.